The molecule has 0 atom stereocenters. The van der Waals surface area contributed by atoms with Crippen LogP contribution in [0.4, 0.5) is 49.9 Å². The van der Waals surface area contributed by atoms with Crippen LogP contribution in [0.1, 0.15) is 184 Å². The number of halogens is 1. The number of para-hydroxylation sites is 5. The molecular weight excluding hydrogens is 1650 g/mol. The Morgan fingerprint density at radius 3 is 0.992 bits per heavy atom. The molecule has 10 aromatic carbocycles. The number of ether oxygens (including phenoxy) is 5. The van der Waals surface area contributed by atoms with Gasteiger partial charge in [-0.15, -0.1) is 0 Å². The first-order valence-electron chi connectivity index (χ1n) is 40.2. The van der Waals surface area contributed by atoms with E-state index in [0.717, 1.165) is 78.2 Å². The van der Waals surface area contributed by atoms with Crippen LogP contribution in [0.25, 0.3) is 0 Å². The van der Waals surface area contributed by atoms with E-state index in [2.05, 4.69) is 26.0 Å². The van der Waals surface area contributed by atoms with E-state index in [4.69, 9.17) is 41.3 Å². The molecule has 12 rings (SSSR count). The van der Waals surface area contributed by atoms with E-state index in [0.29, 0.717) is 103 Å². The number of carbonyl (C=O) groups excluding carboxylic acids is 6. The first-order valence-corrected chi connectivity index (χ1v) is 40.2. The van der Waals surface area contributed by atoms with Crippen molar-refractivity contribution in [2.24, 2.45) is 11.7 Å². The van der Waals surface area contributed by atoms with Crippen LogP contribution >= 0.6 is 0 Å². The third-order valence-electron chi connectivity index (χ3n) is 18.8. The molecular formula is C93H108FN9O20Zn. The number of Topliss-reactive ketones (excluding diaryl/α,β-unsaturated/α-hetero) is 1. The number of phenolic OH excluding ortho intramolecular Hbond substituents is 5. The molecule has 654 valence electrons. The van der Waals surface area contributed by atoms with Gasteiger partial charge in [0, 0.05) is 111 Å². The van der Waals surface area contributed by atoms with Crippen molar-refractivity contribution < 1.29 is 112 Å². The molecule has 15 N–H and O–H groups in total. The first-order chi connectivity index (χ1) is 59.2. The molecule has 2 aliphatic carbocycles. The zero-order chi connectivity index (χ0) is 89.6. The number of hydrogen-bond acceptors (Lipinski definition) is 27. The Balaban J connectivity index is 0.000000264. The fraction of sp³-hybridized carbons (Fsp3) is 0.290. The summed E-state index contributed by atoms with van der Waals surface area (Å²) in [6, 6.07) is 57.6. The molecule has 0 saturated heterocycles. The van der Waals surface area contributed by atoms with Gasteiger partial charge >= 0.3 is 35.5 Å². The van der Waals surface area contributed by atoms with Crippen molar-refractivity contribution in [2.75, 3.05) is 65.8 Å². The molecule has 0 spiro atoms. The van der Waals surface area contributed by atoms with Crippen LogP contribution in [0, 0.1) is 32.0 Å². The molecule has 2 saturated carbocycles. The SMILES string of the molecule is CCOC(=O)c1ccc(CC2CCCCC2)c(NCc2ccccc2O)c1.CCOC(=O)c1ccc(N)c(NCc2ccccc2O)c1.CCOC(=O)c1ccc(N)c(NCc2ccccc2O)c1.CCOC(=O)c1ccc([N+](=O)[O-])c(F)c1.CCOC(=O)c1ccc([N+](=O)[O-])c(NCc2ccccc2O)c1.NCc1ccccc1O.O=C1CCCCC1.[Zn]. The van der Waals surface area contributed by atoms with Gasteiger partial charge in [0.1, 0.15) is 40.2 Å². The first kappa shape index (κ1) is 101. The smallest absolute Gasteiger partial charge is 0.338 e. The van der Waals surface area contributed by atoms with Gasteiger partial charge in [0.05, 0.1) is 93.4 Å². The summed E-state index contributed by atoms with van der Waals surface area (Å²) >= 11 is 0. The van der Waals surface area contributed by atoms with Gasteiger partial charge in [-0.05, 0) is 168 Å². The number of nitro benzene ring substituents is 2. The minimum atomic E-state index is -1.05. The Morgan fingerprint density at radius 2 is 0.677 bits per heavy atom. The topological polar surface area (TPSA) is 462 Å². The number of nitrogen functional groups attached to an aromatic ring is 2. The van der Waals surface area contributed by atoms with Crippen LogP contribution in [-0.2, 0) is 87.1 Å². The van der Waals surface area contributed by atoms with Crippen molar-refractivity contribution >= 4 is 81.1 Å². The number of phenols is 5. The van der Waals surface area contributed by atoms with Crippen LogP contribution in [-0.4, -0.2) is 104 Å². The Bertz CT molecular complexity index is 5010. The van der Waals surface area contributed by atoms with Crippen LogP contribution in [0.15, 0.2) is 212 Å². The van der Waals surface area contributed by atoms with Gasteiger partial charge in [-0.3, -0.25) is 25.0 Å². The number of rotatable bonds is 27. The quantitative estimate of drug-likeness (QED) is 0.00568. The zero-order valence-electron chi connectivity index (χ0n) is 70.2. The fourth-order valence-electron chi connectivity index (χ4n) is 12.3. The van der Waals surface area contributed by atoms with E-state index in [1.165, 1.54) is 68.4 Å². The molecule has 0 bridgehead atoms. The minimum absolute atomic E-state index is 0. The normalized spacial score (nSPS) is 11.7. The third-order valence-corrected chi connectivity index (χ3v) is 18.8. The van der Waals surface area contributed by atoms with Crippen molar-refractivity contribution in [3.8, 4) is 28.7 Å². The summed E-state index contributed by atoms with van der Waals surface area (Å²) in [6.07, 6.45) is 12.8. The molecule has 31 heteroatoms. The van der Waals surface area contributed by atoms with Crippen LogP contribution in [0.2, 0.25) is 0 Å². The predicted molar refractivity (Wildman–Crippen MR) is 470 cm³/mol. The number of nitrogens with one attached hydrogen (secondary N) is 4. The van der Waals surface area contributed by atoms with E-state index in [1.807, 2.05) is 73.7 Å². The summed E-state index contributed by atoms with van der Waals surface area (Å²) in [6.45, 7) is 11.9. The van der Waals surface area contributed by atoms with Gasteiger partial charge in [0.15, 0.2) is 0 Å². The van der Waals surface area contributed by atoms with E-state index in [1.54, 1.807) is 131 Å². The Hall–Kier alpha value is -13.7. The number of aromatic hydroxyl groups is 5. The van der Waals surface area contributed by atoms with Crippen molar-refractivity contribution in [3.05, 3.63) is 300 Å². The number of nitrogens with two attached hydrogens (primary N) is 3. The van der Waals surface area contributed by atoms with Gasteiger partial charge in [0.2, 0.25) is 5.82 Å². The number of carbonyl (C=O) groups is 6. The molecule has 2 aliphatic rings. The van der Waals surface area contributed by atoms with Gasteiger partial charge < -0.3 is 87.7 Å². The molecule has 0 aliphatic heterocycles. The molecule has 0 aromatic heterocycles. The van der Waals surface area contributed by atoms with E-state index in [-0.39, 0.29) is 108 Å². The maximum Gasteiger partial charge on any atom is 0.338 e. The van der Waals surface area contributed by atoms with E-state index in [9.17, 15) is 73.8 Å². The van der Waals surface area contributed by atoms with E-state index >= 15 is 0 Å². The van der Waals surface area contributed by atoms with Crippen molar-refractivity contribution in [3.63, 3.8) is 0 Å². The van der Waals surface area contributed by atoms with Gasteiger partial charge in [-0.2, -0.15) is 4.39 Å². The largest absolute Gasteiger partial charge is 0.508 e. The number of hydrogen-bond donors (Lipinski definition) is 12. The number of ketones is 1. The van der Waals surface area contributed by atoms with Crippen LogP contribution in [0.3, 0.4) is 0 Å². The Morgan fingerprint density at radius 1 is 0.387 bits per heavy atom. The number of benzene rings is 10. The molecule has 0 amide bonds. The summed E-state index contributed by atoms with van der Waals surface area (Å²) in [5, 5.41) is 82.2. The minimum Gasteiger partial charge on any atom is -0.508 e. The average molecular weight is 1760 g/mol. The monoisotopic (exact) mass is 1750 g/mol. The second-order valence-electron chi connectivity index (χ2n) is 27.6. The molecule has 0 radical (unpaired) electrons. The van der Waals surface area contributed by atoms with Gasteiger partial charge in [-0.1, -0.05) is 136 Å². The number of nitro groups is 2. The number of nitrogens with zero attached hydrogens (tertiary/aromatic N) is 2. The van der Waals surface area contributed by atoms with Crippen LogP contribution in [0.5, 0.6) is 28.7 Å². The standard InChI is InChI=1S/C23H29NO3.C16H16N2O5.2C16H18N2O3.C9H8FNO4.C7H9NO.C6H10O.Zn/c1-2-27-23(26)19-13-12-18(14-17-8-4-3-5-9-17)21(15-19)24-16-20-10-6-7-11-22(20)25;1-2-23-16(20)11-7-8-14(18(21)22)13(9-11)17-10-12-5-3-4-6-15(12)19;2*1-2-21-16(20)11-7-8-13(17)14(9-11)18-10-12-5-3-4-6-15(12)19;1-2-15-9(12)6-3-4-8(11(13)14)7(10)5-6;8-5-6-3-1-2-4-7(6)9;7-6-4-2-1-3-5-6;/h6-7,10-13,15,17,24-25H,2-5,8-9,14,16H2,1H3;3-9,17,19H,2,10H2,1H3;2*3-9,18-19H,2,10,17H2,1H3;3-5H,2H2,1H3;1-4,9H,5,8H2;1-5H2;. The summed E-state index contributed by atoms with van der Waals surface area (Å²) in [5.74, 6) is -1.13. The van der Waals surface area contributed by atoms with Gasteiger partial charge in [-0.25, -0.2) is 24.0 Å². The van der Waals surface area contributed by atoms with Crippen molar-refractivity contribution in [1.82, 2.24) is 0 Å². The second-order valence-corrected chi connectivity index (χ2v) is 27.6. The molecule has 124 heavy (non-hydrogen) atoms. The number of anilines is 6. The van der Waals surface area contributed by atoms with Crippen molar-refractivity contribution in [1.29, 1.82) is 0 Å². The predicted octanol–water partition coefficient (Wildman–Crippen LogP) is 18.2. The summed E-state index contributed by atoms with van der Waals surface area (Å²) in [5.41, 5.74) is 26.2. The third kappa shape index (κ3) is 34.1. The average Bonchev–Trinajstić information content (AvgIpc) is 0.853. The van der Waals surface area contributed by atoms with E-state index < -0.39 is 33.3 Å². The fourth-order valence-corrected chi connectivity index (χ4v) is 12.3. The maximum atomic E-state index is 13.1. The Labute approximate surface area is 732 Å². The summed E-state index contributed by atoms with van der Waals surface area (Å²) < 4.78 is 37.6. The molecule has 0 heterocycles. The van der Waals surface area contributed by atoms with Gasteiger partial charge in [0.25, 0.3) is 5.69 Å². The van der Waals surface area contributed by atoms with Crippen molar-refractivity contribution in [2.45, 2.75) is 138 Å². The molecule has 10 aromatic rings. The zero-order valence-corrected chi connectivity index (χ0v) is 73.2. The number of esters is 5. The van der Waals surface area contributed by atoms with Crippen LogP contribution < -0.4 is 38.5 Å². The molecule has 29 nitrogen and oxygen atoms in total. The second kappa shape index (κ2) is 54.6. The maximum absolute atomic E-state index is 13.1. The molecule has 0 unspecified atom stereocenters. The summed E-state index contributed by atoms with van der Waals surface area (Å²) in [4.78, 5) is 88.9. The molecule has 2 fully saturated rings. The Kier molecular flexibility index (Phi) is 44.4. The summed E-state index contributed by atoms with van der Waals surface area (Å²) in [7, 11) is 0.